The summed E-state index contributed by atoms with van der Waals surface area (Å²) in [6, 6.07) is 11.7. The maximum atomic E-state index is 14.0. The minimum Gasteiger partial charge on any atom is -0.494 e. The van der Waals surface area contributed by atoms with Crippen LogP contribution in [0.25, 0.3) is 22.2 Å². The van der Waals surface area contributed by atoms with Gasteiger partial charge in [-0.15, -0.1) is 0 Å². The maximum Gasteiger partial charge on any atom is 0.235 e. The second-order valence-corrected chi connectivity index (χ2v) is 9.11. The van der Waals surface area contributed by atoms with Gasteiger partial charge in [-0.25, -0.2) is 0 Å². The monoisotopic (exact) mass is 509 g/mol. The van der Waals surface area contributed by atoms with Crippen LogP contribution in [0.1, 0.15) is 67.2 Å². The fourth-order valence-corrected chi connectivity index (χ4v) is 4.81. The Balaban J connectivity index is 2.41. The first-order valence-corrected chi connectivity index (χ1v) is 13.9. The van der Waals surface area contributed by atoms with E-state index in [4.69, 9.17) is 18.9 Å². The Morgan fingerprint density at radius 3 is 2.03 bits per heavy atom. The fourth-order valence-electron chi connectivity index (χ4n) is 4.81. The predicted molar refractivity (Wildman–Crippen MR) is 152 cm³/mol. The minimum absolute atomic E-state index is 0.162. The van der Waals surface area contributed by atoms with E-state index < -0.39 is 0 Å². The van der Waals surface area contributed by atoms with Crippen molar-refractivity contribution in [3.05, 3.63) is 46.6 Å². The number of rotatable bonds is 15. The van der Waals surface area contributed by atoms with E-state index in [-0.39, 0.29) is 5.43 Å². The van der Waals surface area contributed by atoms with Gasteiger partial charge in [0.2, 0.25) is 5.43 Å². The van der Waals surface area contributed by atoms with Crippen LogP contribution < -0.4 is 24.4 Å². The summed E-state index contributed by atoms with van der Waals surface area (Å²) >= 11 is 0. The molecule has 202 valence electrons. The highest BCUT2D eigenvalue weighted by molar-refractivity contribution is 5.92. The predicted octanol–water partition coefficient (Wildman–Crippen LogP) is 7.48. The number of ether oxygens (including phenoxy) is 4. The lowest BCUT2D eigenvalue weighted by Gasteiger charge is -2.25. The molecule has 0 saturated carbocycles. The molecule has 6 nitrogen and oxygen atoms in total. The zero-order valence-corrected chi connectivity index (χ0v) is 23.4. The number of aromatic nitrogens is 1. The Bertz CT molecular complexity index is 1200. The van der Waals surface area contributed by atoms with Crippen LogP contribution in [0, 0.1) is 5.92 Å². The van der Waals surface area contributed by atoms with E-state index in [1.165, 1.54) is 6.42 Å². The molecule has 1 atom stereocenters. The molecule has 0 saturated heterocycles. The standard InChI is InChI=1S/C31H43NO5/c1-7-13-14-22(8-2)21-32-26-19-25(35-10-4)20-27(36-11-5)28(26)30(33)31(37-12-6)29(32)23-15-17-24(18-16-23)34-9-3/h15-20,22H,7-14,21H2,1-6H3. The van der Waals surface area contributed by atoms with Gasteiger partial charge in [0.15, 0.2) is 5.75 Å². The largest absolute Gasteiger partial charge is 0.494 e. The Hall–Kier alpha value is -3.15. The number of fused-ring (bicyclic) bond motifs is 1. The van der Waals surface area contributed by atoms with Crippen molar-refractivity contribution in [2.75, 3.05) is 26.4 Å². The van der Waals surface area contributed by atoms with Crippen LogP contribution in [0.3, 0.4) is 0 Å². The summed E-state index contributed by atoms with van der Waals surface area (Å²) in [5.74, 6) is 2.83. The zero-order valence-electron chi connectivity index (χ0n) is 23.4. The topological polar surface area (TPSA) is 58.9 Å². The molecular formula is C31H43NO5. The molecule has 0 radical (unpaired) electrons. The van der Waals surface area contributed by atoms with Crippen molar-refractivity contribution >= 4 is 10.9 Å². The molecular weight excluding hydrogens is 466 g/mol. The maximum absolute atomic E-state index is 14.0. The molecule has 1 unspecified atom stereocenters. The second kappa shape index (κ2) is 14.0. The number of hydrogen-bond acceptors (Lipinski definition) is 5. The molecule has 0 spiro atoms. The number of unbranched alkanes of at least 4 members (excludes halogenated alkanes) is 1. The molecule has 6 heteroatoms. The number of hydrogen-bond donors (Lipinski definition) is 0. The molecule has 0 aliphatic rings. The molecule has 3 rings (SSSR count). The van der Waals surface area contributed by atoms with E-state index in [0.29, 0.717) is 55.0 Å². The molecule has 37 heavy (non-hydrogen) atoms. The van der Waals surface area contributed by atoms with Gasteiger partial charge in [-0.05, 0) is 64.3 Å². The van der Waals surface area contributed by atoms with Crippen LogP contribution in [0.2, 0.25) is 0 Å². The van der Waals surface area contributed by atoms with E-state index in [0.717, 1.165) is 48.3 Å². The average molecular weight is 510 g/mol. The van der Waals surface area contributed by atoms with Crippen molar-refractivity contribution in [3.63, 3.8) is 0 Å². The van der Waals surface area contributed by atoms with Gasteiger partial charge in [-0.3, -0.25) is 4.79 Å². The zero-order chi connectivity index (χ0) is 26.8. The summed E-state index contributed by atoms with van der Waals surface area (Å²) in [6.45, 7) is 14.9. The van der Waals surface area contributed by atoms with E-state index in [9.17, 15) is 4.79 Å². The third-order valence-corrected chi connectivity index (χ3v) is 6.59. The Labute approximate surface area is 221 Å². The SMILES string of the molecule is CCCCC(CC)Cn1c(-c2ccc(OCC)cc2)c(OCC)c(=O)c2c(OCC)cc(OCC)cc21. The van der Waals surface area contributed by atoms with E-state index in [2.05, 4.69) is 18.4 Å². The molecule has 1 heterocycles. The summed E-state index contributed by atoms with van der Waals surface area (Å²) in [4.78, 5) is 14.0. The van der Waals surface area contributed by atoms with Gasteiger partial charge in [0.05, 0.1) is 43.0 Å². The molecule has 0 aliphatic carbocycles. The van der Waals surface area contributed by atoms with Gasteiger partial charge < -0.3 is 23.5 Å². The average Bonchev–Trinajstić information content (AvgIpc) is 2.90. The first-order valence-electron chi connectivity index (χ1n) is 13.9. The summed E-state index contributed by atoms with van der Waals surface area (Å²) in [6.07, 6.45) is 4.49. The van der Waals surface area contributed by atoms with Gasteiger partial charge in [-0.2, -0.15) is 0 Å². The Morgan fingerprint density at radius 1 is 0.784 bits per heavy atom. The number of pyridine rings is 1. The van der Waals surface area contributed by atoms with Gasteiger partial charge >= 0.3 is 0 Å². The van der Waals surface area contributed by atoms with Gasteiger partial charge in [0, 0.05) is 24.2 Å². The molecule has 0 N–H and O–H groups in total. The summed E-state index contributed by atoms with van der Waals surface area (Å²) < 4.78 is 25.9. The molecule has 2 aromatic carbocycles. The lowest BCUT2D eigenvalue weighted by Crippen LogP contribution is -2.21. The van der Waals surface area contributed by atoms with Crippen LogP contribution in [-0.2, 0) is 6.54 Å². The Morgan fingerprint density at radius 2 is 1.43 bits per heavy atom. The molecule has 0 amide bonds. The van der Waals surface area contributed by atoms with Crippen LogP contribution >= 0.6 is 0 Å². The first kappa shape index (κ1) is 28.4. The van der Waals surface area contributed by atoms with Gasteiger partial charge in [0.1, 0.15) is 17.2 Å². The van der Waals surface area contributed by atoms with E-state index >= 15 is 0 Å². The minimum atomic E-state index is -0.162. The smallest absolute Gasteiger partial charge is 0.235 e. The van der Waals surface area contributed by atoms with Crippen LogP contribution in [0.5, 0.6) is 23.0 Å². The highest BCUT2D eigenvalue weighted by atomic mass is 16.5. The molecule has 0 fully saturated rings. The molecule has 3 aromatic rings. The van der Waals surface area contributed by atoms with Crippen molar-refractivity contribution in [1.29, 1.82) is 0 Å². The van der Waals surface area contributed by atoms with Crippen molar-refractivity contribution < 1.29 is 18.9 Å². The fraction of sp³-hybridized carbons (Fsp3) is 0.516. The molecule has 1 aromatic heterocycles. The summed E-state index contributed by atoms with van der Waals surface area (Å²) in [5.41, 5.74) is 2.34. The number of benzene rings is 2. The van der Waals surface area contributed by atoms with Crippen LogP contribution in [-0.4, -0.2) is 31.0 Å². The molecule has 0 bridgehead atoms. The lowest BCUT2D eigenvalue weighted by atomic mass is 9.97. The van der Waals surface area contributed by atoms with Crippen molar-refractivity contribution in [1.82, 2.24) is 4.57 Å². The van der Waals surface area contributed by atoms with Crippen molar-refractivity contribution in [2.45, 2.75) is 73.8 Å². The highest BCUT2D eigenvalue weighted by Gasteiger charge is 2.25. The summed E-state index contributed by atoms with van der Waals surface area (Å²) in [7, 11) is 0. The third kappa shape index (κ3) is 6.60. The highest BCUT2D eigenvalue weighted by Crippen LogP contribution is 2.38. The second-order valence-electron chi connectivity index (χ2n) is 9.11. The first-order chi connectivity index (χ1) is 18.0. The van der Waals surface area contributed by atoms with E-state index in [1.807, 2.05) is 64.1 Å². The van der Waals surface area contributed by atoms with Crippen molar-refractivity contribution in [3.8, 4) is 34.3 Å². The Kier molecular flexibility index (Phi) is 10.7. The molecule has 0 aliphatic heterocycles. The van der Waals surface area contributed by atoms with Crippen molar-refractivity contribution in [2.24, 2.45) is 5.92 Å². The normalized spacial score (nSPS) is 11.9. The van der Waals surface area contributed by atoms with E-state index in [1.54, 1.807) is 0 Å². The van der Waals surface area contributed by atoms with Crippen LogP contribution in [0.4, 0.5) is 0 Å². The van der Waals surface area contributed by atoms with Gasteiger partial charge in [0.25, 0.3) is 0 Å². The lowest BCUT2D eigenvalue weighted by molar-refractivity contribution is 0.322. The number of nitrogens with zero attached hydrogens (tertiary/aromatic N) is 1. The quantitative estimate of drug-likeness (QED) is 0.213. The summed E-state index contributed by atoms with van der Waals surface area (Å²) in [5, 5.41) is 0.536. The van der Waals surface area contributed by atoms with Crippen LogP contribution in [0.15, 0.2) is 41.2 Å². The third-order valence-electron chi connectivity index (χ3n) is 6.59. The van der Waals surface area contributed by atoms with Gasteiger partial charge in [-0.1, -0.05) is 33.1 Å².